The third-order valence-electron chi connectivity index (χ3n) is 2.41. The van der Waals surface area contributed by atoms with Gasteiger partial charge < -0.3 is 10.4 Å². The predicted molar refractivity (Wildman–Crippen MR) is 59.4 cm³/mol. The van der Waals surface area contributed by atoms with Gasteiger partial charge in [-0.05, 0) is 5.56 Å². The summed E-state index contributed by atoms with van der Waals surface area (Å²) in [7, 11) is 0. The fourth-order valence-electron chi connectivity index (χ4n) is 1.67. The molecule has 1 aliphatic rings. The van der Waals surface area contributed by atoms with Crippen molar-refractivity contribution in [3.8, 4) is 0 Å². The van der Waals surface area contributed by atoms with E-state index in [0.29, 0.717) is 13.1 Å². The van der Waals surface area contributed by atoms with Gasteiger partial charge >= 0.3 is 6.03 Å². The normalized spacial score (nSPS) is 22.1. The summed E-state index contributed by atoms with van der Waals surface area (Å²) < 4.78 is 0. The van der Waals surface area contributed by atoms with Crippen molar-refractivity contribution in [2.75, 3.05) is 13.1 Å². The number of hydrogen-bond donors (Lipinski definition) is 3. The van der Waals surface area contributed by atoms with E-state index in [1.807, 2.05) is 30.3 Å². The number of carbonyl (C=O) groups excluding carboxylic acids is 1. The lowest BCUT2D eigenvalue weighted by molar-refractivity contribution is 0.103. The van der Waals surface area contributed by atoms with Crippen LogP contribution in [0.15, 0.2) is 30.3 Å². The van der Waals surface area contributed by atoms with Crippen LogP contribution < -0.4 is 10.7 Å². The van der Waals surface area contributed by atoms with Crippen LogP contribution in [-0.2, 0) is 6.54 Å². The summed E-state index contributed by atoms with van der Waals surface area (Å²) in [4.78, 5) is 11.3. The van der Waals surface area contributed by atoms with E-state index in [2.05, 4.69) is 10.7 Å². The van der Waals surface area contributed by atoms with Crippen molar-refractivity contribution in [1.29, 1.82) is 0 Å². The molecule has 1 aliphatic heterocycles. The van der Waals surface area contributed by atoms with Gasteiger partial charge in [-0.1, -0.05) is 30.3 Å². The quantitative estimate of drug-likeness (QED) is 0.662. The highest BCUT2D eigenvalue weighted by molar-refractivity contribution is 5.73. The molecular weight excluding hydrogens is 206 g/mol. The van der Waals surface area contributed by atoms with Crippen molar-refractivity contribution in [2.45, 2.75) is 12.6 Å². The molecule has 0 aliphatic carbocycles. The number of hydrazine groups is 1. The largest absolute Gasteiger partial charge is 0.390 e. The first kappa shape index (κ1) is 10.9. The number of β-amino-alcohol motifs (C(OH)–C–C–N with tert-alkyl or cyclic N) is 1. The van der Waals surface area contributed by atoms with Gasteiger partial charge in [0.1, 0.15) is 0 Å². The maximum atomic E-state index is 11.3. The molecule has 16 heavy (non-hydrogen) atoms. The molecule has 0 saturated carbocycles. The van der Waals surface area contributed by atoms with Crippen LogP contribution in [0.1, 0.15) is 5.56 Å². The van der Waals surface area contributed by atoms with Crippen LogP contribution in [0.2, 0.25) is 0 Å². The Morgan fingerprint density at radius 3 is 2.88 bits per heavy atom. The minimum Gasteiger partial charge on any atom is -0.390 e. The molecule has 0 bridgehead atoms. The van der Waals surface area contributed by atoms with E-state index in [1.54, 1.807) is 5.01 Å². The van der Waals surface area contributed by atoms with E-state index in [0.717, 1.165) is 5.56 Å². The summed E-state index contributed by atoms with van der Waals surface area (Å²) in [6.07, 6.45) is -0.539. The van der Waals surface area contributed by atoms with Crippen molar-refractivity contribution in [2.24, 2.45) is 0 Å². The van der Waals surface area contributed by atoms with Crippen LogP contribution in [0, 0.1) is 0 Å². The summed E-state index contributed by atoms with van der Waals surface area (Å²) in [5.74, 6) is 0. The summed E-state index contributed by atoms with van der Waals surface area (Å²) in [5.41, 5.74) is 3.78. The van der Waals surface area contributed by atoms with E-state index in [4.69, 9.17) is 0 Å². The maximum Gasteiger partial charge on any atom is 0.329 e. The first-order valence-electron chi connectivity index (χ1n) is 5.25. The topological polar surface area (TPSA) is 64.6 Å². The highest BCUT2D eigenvalue weighted by atomic mass is 16.3. The SMILES string of the molecule is O=C1NCC(O)CN(Cc2ccccc2)N1. The molecule has 3 N–H and O–H groups in total. The van der Waals surface area contributed by atoms with Crippen LogP contribution >= 0.6 is 0 Å². The zero-order valence-electron chi connectivity index (χ0n) is 8.89. The van der Waals surface area contributed by atoms with Crippen LogP contribution in [-0.4, -0.2) is 35.3 Å². The van der Waals surface area contributed by atoms with Crippen LogP contribution in [0.5, 0.6) is 0 Å². The van der Waals surface area contributed by atoms with Gasteiger partial charge in [-0.3, -0.25) is 5.43 Å². The Hall–Kier alpha value is -1.59. The molecule has 2 rings (SSSR count). The number of rotatable bonds is 2. The molecule has 5 nitrogen and oxygen atoms in total. The van der Waals surface area contributed by atoms with Gasteiger partial charge in [0.25, 0.3) is 0 Å². The molecule has 0 radical (unpaired) electrons. The lowest BCUT2D eigenvalue weighted by Crippen LogP contribution is -2.44. The highest BCUT2D eigenvalue weighted by Gasteiger charge is 2.19. The number of nitrogens with one attached hydrogen (secondary N) is 2. The van der Waals surface area contributed by atoms with Crippen molar-refractivity contribution in [3.63, 3.8) is 0 Å². The number of hydrogen-bond acceptors (Lipinski definition) is 3. The van der Waals surface area contributed by atoms with Crippen molar-refractivity contribution < 1.29 is 9.90 Å². The Balaban J connectivity index is 2.00. The van der Waals surface area contributed by atoms with Gasteiger partial charge in [0.15, 0.2) is 0 Å². The average Bonchev–Trinajstić information content (AvgIpc) is 2.42. The van der Waals surface area contributed by atoms with Gasteiger partial charge in [0.05, 0.1) is 6.10 Å². The molecule has 1 heterocycles. The predicted octanol–water partition coefficient (Wildman–Crippen LogP) is 0.0773. The zero-order chi connectivity index (χ0) is 11.4. The van der Waals surface area contributed by atoms with Crippen LogP contribution in [0.3, 0.4) is 0 Å². The van der Waals surface area contributed by atoms with Crippen molar-refractivity contribution in [1.82, 2.24) is 15.8 Å². The molecule has 86 valence electrons. The molecule has 5 heteroatoms. The molecular formula is C11H15N3O2. The average molecular weight is 221 g/mol. The number of benzene rings is 1. The van der Waals surface area contributed by atoms with Gasteiger partial charge in [-0.15, -0.1) is 0 Å². The summed E-state index contributed by atoms with van der Waals surface area (Å²) in [6, 6.07) is 9.54. The first-order chi connectivity index (χ1) is 7.74. The number of amides is 2. The Morgan fingerprint density at radius 2 is 2.12 bits per heavy atom. The van der Waals surface area contributed by atoms with E-state index < -0.39 is 6.10 Å². The van der Waals surface area contributed by atoms with E-state index in [9.17, 15) is 9.90 Å². The molecule has 1 aromatic carbocycles. The smallest absolute Gasteiger partial charge is 0.329 e. The molecule has 1 atom stereocenters. The maximum absolute atomic E-state index is 11.3. The molecule has 1 aromatic rings. The second kappa shape index (κ2) is 4.96. The molecule has 1 unspecified atom stereocenters. The third kappa shape index (κ3) is 2.95. The first-order valence-corrected chi connectivity index (χ1v) is 5.25. The number of carbonyl (C=O) groups is 1. The highest BCUT2D eigenvalue weighted by Crippen LogP contribution is 2.04. The third-order valence-corrected chi connectivity index (χ3v) is 2.41. The van der Waals surface area contributed by atoms with E-state index in [-0.39, 0.29) is 12.6 Å². The number of aliphatic hydroxyl groups is 1. The van der Waals surface area contributed by atoms with Gasteiger partial charge in [-0.2, -0.15) is 0 Å². The fraction of sp³-hybridized carbons (Fsp3) is 0.364. The summed E-state index contributed by atoms with van der Waals surface area (Å²) in [6.45, 7) is 1.30. The van der Waals surface area contributed by atoms with Crippen molar-refractivity contribution >= 4 is 6.03 Å². The minimum atomic E-state index is -0.539. The zero-order valence-corrected chi connectivity index (χ0v) is 8.89. The summed E-state index contributed by atoms with van der Waals surface area (Å²) >= 11 is 0. The monoisotopic (exact) mass is 221 g/mol. The van der Waals surface area contributed by atoms with Gasteiger partial charge in [0.2, 0.25) is 0 Å². The molecule has 1 saturated heterocycles. The Morgan fingerprint density at radius 1 is 1.38 bits per heavy atom. The van der Waals surface area contributed by atoms with Crippen molar-refractivity contribution in [3.05, 3.63) is 35.9 Å². The number of urea groups is 1. The second-order valence-electron chi connectivity index (χ2n) is 3.84. The Kier molecular flexibility index (Phi) is 3.38. The summed E-state index contributed by atoms with van der Waals surface area (Å²) in [5, 5.41) is 13.8. The second-order valence-corrected chi connectivity index (χ2v) is 3.84. The molecule has 1 fully saturated rings. The number of aliphatic hydroxyl groups excluding tert-OH is 1. The lowest BCUT2D eigenvalue weighted by Gasteiger charge is -2.21. The fourth-order valence-corrected chi connectivity index (χ4v) is 1.67. The lowest BCUT2D eigenvalue weighted by atomic mass is 10.2. The molecule has 0 spiro atoms. The molecule has 0 aromatic heterocycles. The van der Waals surface area contributed by atoms with Crippen LogP contribution in [0.25, 0.3) is 0 Å². The molecule has 2 amide bonds. The van der Waals surface area contributed by atoms with E-state index in [1.165, 1.54) is 0 Å². The van der Waals surface area contributed by atoms with Gasteiger partial charge in [0, 0.05) is 19.6 Å². The van der Waals surface area contributed by atoms with E-state index >= 15 is 0 Å². The Bertz CT molecular complexity index is 356. The number of nitrogens with zero attached hydrogens (tertiary/aromatic N) is 1. The minimum absolute atomic E-state index is 0.271. The van der Waals surface area contributed by atoms with Crippen LogP contribution in [0.4, 0.5) is 4.79 Å². The standard InChI is InChI=1S/C11H15N3O2/c15-10-6-12-11(16)13-14(8-10)7-9-4-2-1-3-5-9/h1-5,10,15H,6-8H2,(H2,12,13,16). The Labute approximate surface area is 94.0 Å². The van der Waals surface area contributed by atoms with Gasteiger partial charge in [-0.25, -0.2) is 9.80 Å².